The molecule has 4 aromatic rings. The molecule has 1 saturated heterocycles. The summed E-state index contributed by atoms with van der Waals surface area (Å²) in [6.07, 6.45) is 2.01. The molecule has 0 bridgehead atoms. The number of hydrogen-bond acceptors (Lipinski definition) is 4. The maximum Gasteiger partial charge on any atom is 0.174 e. The summed E-state index contributed by atoms with van der Waals surface area (Å²) < 4.78 is 20.1. The number of benzene rings is 2. The van der Waals surface area contributed by atoms with Gasteiger partial charge in [0.1, 0.15) is 17.7 Å². The van der Waals surface area contributed by atoms with Gasteiger partial charge in [0.05, 0.1) is 5.52 Å². The van der Waals surface area contributed by atoms with Gasteiger partial charge >= 0.3 is 0 Å². The van der Waals surface area contributed by atoms with Crippen molar-refractivity contribution in [1.29, 1.82) is 0 Å². The van der Waals surface area contributed by atoms with E-state index in [1.54, 1.807) is 6.07 Å². The molecule has 7 heteroatoms. The number of piperidine rings is 1. The van der Waals surface area contributed by atoms with E-state index in [0.29, 0.717) is 0 Å². The molecule has 154 valence electrons. The zero-order valence-electron chi connectivity index (χ0n) is 16.9. The monoisotopic (exact) mass is 405 g/mol. The average Bonchev–Trinajstić information content (AvgIpc) is 2.69. The van der Waals surface area contributed by atoms with Crippen LogP contribution in [-0.2, 0) is 6.54 Å². The minimum Gasteiger partial charge on any atom is -0.490 e. The summed E-state index contributed by atoms with van der Waals surface area (Å²) >= 11 is 0. The lowest BCUT2D eigenvalue weighted by atomic mass is 10.1. The lowest BCUT2D eigenvalue weighted by molar-refractivity contribution is 0.0979. The van der Waals surface area contributed by atoms with E-state index >= 15 is 0 Å². The Hall–Kier alpha value is -3.19. The smallest absolute Gasteiger partial charge is 0.174 e. The normalized spacial score (nSPS) is 15.7. The van der Waals surface area contributed by atoms with Crippen LogP contribution in [-0.4, -0.2) is 44.5 Å². The van der Waals surface area contributed by atoms with Gasteiger partial charge in [0.25, 0.3) is 0 Å². The molecular formula is C23H24FN5O. The molecule has 1 aliphatic rings. The molecule has 0 saturated carbocycles. The topological polar surface area (TPSA) is 69.8 Å². The van der Waals surface area contributed by atoms with Crippen LogP contribution in [0.4, 0.5) is 4.39 Å². The van der Waals surface area contributed by atoms with Gasteiger partial charge in [0, 0.05) is 42.3 Å². The van der Waals surface area contributed by atoms with E-state index in [4.69, 9.17) is 4.74 Å². The molecule has 2 N–H and O–H groups in total. The second-order valence-corrected chi connectivity index (χ2v) is 7.91. The molecule has 3 heterocycles. The largest absolute Gasteiger partial charge is 0.490 e. The number of nitrogens with zero attached hydrogens (tertiary/aromatic N) is 3. The number of aryl methyl sites for hydroxylation is 1. The van der Waals surface area contributed by atoms with Crippen LogP contribution in [0.5, 0.6) is 5.75 Å². The van der Waals surface area contributed by atoms with E-state index in [9.17, 15) is 4.39 Å². The van der Waals surface area contributed by atoms with E-state index in [0.717, 1.165) is 66.2 Å². The van der Waals surface area contributed by atoms with Crippen molar-refractivity contribution >= 4 is 10.9 Å². The summed E-state index contributed by atoms with van der Waals surface area (Å²) in [5.74, 6) is 1.33. The predicted octanol–water partition coefficient (Wildman–Crippen LogP) is 4.44. The Labute approximate surface area is 174 Å². The highest BCUT2D eigenvalue weighted by atomic mass is 19.1. The van der Waals surface area contributed by atoms with Gasteiger partial charge in [-0.05, 0) is 49.6 Å². The van der Waals surface area contributed by atoms with Crippen molar-refractivity contribution in [3.63, 3.8) is 0 Å². The molecule has 30 heavy (non-hydrogen) atoms. The molecular weight excluding hydrogens is 381 g/mol. The minimum absolute atomic E-state index is 0.125. The average molecular weight is 405 g/mol. The van der Waals surface area contributed by atoms with E-state index in [1.165, 1.54) is 17.7 Å². The van der Waals surface area contributed by atoms with Gasteiger partial charge in [-0.2, -0.15) is 0 Å². The number of ether oxygens (including phenoxy) is 1. The van der Waals surface area contributed by atoms with Crippen molar-refractivity contribution in [1.82, 2.24) is 25.3 Å². The van der Waals surface area contributed by atoms with Gasteiger partial charge in [0.15, 0.2) is 5.82 Å². The molecule has 0 amide bonds. The van der Waals surface area contributed by atoms with E-state index < -0.39 is 0 Å². The lowest BCUT2D eigenvalue weighted by Crippen LogP contribution is -2.37. The minimum atomic E-state index is -0.270. The first-order valence-electron chi connectivity index (χ1n) is 10.3. The summed E-state index contributed by atoms with van der Waals surface area (Å²) in [4.78, 5) is 6.93. The third-order valence-corrected chi connectivity index (χ3v) is 5.64. The number of fused-ring (bicyclic) bond motifs is 1. The molecule has 0 aliphatic carbocycles. The highest BCUT2D eigenvalue weighted by Gasteiger charge is 2.22. The predicted molar refractivity (Wildman–Crippen MR) is 114 cm³/mol. The maximum atomic E-state index is 13.8. The first-order valence-corrected chi connectivity index (χ1v) is 10.3. The van der Waals surface area contributed by atoms with Gasteiger partial charge < -0.3 is 4.74 Å². The Bertz CT molecular complexity index is 1150. The van der Waals surface area contributed by atoms with Gasteiger partial charge in [-0.15, -0.1) is 5.10 Å². The van der Waals surface area contributed by atoms with Crippen LogP contribution in [0.1, 0.15) is 24.1 Å². The van der Waals surface area contributed by atoms with Crippen molar-refractivity contribution in [3.05, 3.63) is 65.6 Å². The summed E-state index contributed by atoms with van der Waals surface area (Å²) in [5.41, 5.74) is 4.01. The van der Waals surface area contributed by atoms with Crippen molar-refractivity contribution in [2.45, 2.75) is 32.4 Å². The zero-order chi connectivity index (χ0) is 20.5. The first kappa shape index (κ1) is 18.8. The third-order valence-electron chi connectivity index (χ3n) is 5.64. The Morgan fingerprint density at radius 3 is 2.73 bits per heavy atom. The van der Waals surface area contributed by atoms with Crippen molar-refractivity contribution < 1.29 is 9.13 Å². The van der Waals surface area contributed by atoms with Crippen molar-refractivity contribution in [3.8, 4) is 17.1 Å². The van der Waals surface area contributed by atoms with Crippen LogP contribution in [0.2, 0.25) is 0 Å². The Balaban J connectivity index is 1.23. The molecule has 6 nitrogen and oxygen atoms in total. The standard InChI is InChI=1S/C23H24FN5O/c1-15-11-22(20-13-18(24)5-6-21(20)25-15)30-19-7-9-29(10-8-19)14-16-3-2-4-17(12-16)23-26-28-27-23/h2-6,11-13,19,28H,7-10,14H2,1H3,(H,26,27). The number of nitrogens with one attached hydrogen (secondary N) is 2. The first-order chi connectivity index (χ1) is 14.6. The molecule has 0 radical (unpaired) electrons. The van der Waals surface area contributed by atoms with E-state index in [2.05, 4.69) is 49.6 Å². The van der Waals surface area contributed by atoms with Gasteiger partial charge in [-0.1, -0.05) is 18.2 Å². The SMILES string of the molecule is Cc1cc(OC2CCN(Cc3cccc(-c4n[nH][nH]4)c3)CC2)c2cc(F)ccc2n1. The Kier molecular flexibility index (Phi) is 4.96. The number of likely N-dealkylation sites (tertiary alicyclic amines) is 1. The molecule has 1 fully saturated rings. The van der Waals surface area contributed by atoms with Gasteiger partial charge in [-0.3, -0.25) is 15.0 Å². The number of aromatic amines is 2. The number of hydrogen-bond donors (Lipinski definition) is 2. The summed E-state index contributed by atoms with van der Waals surface area (Å²) in [6.45, 7) is 4.77. The number of halogens is 1. The summed E-state index contributed by atoms with van der Waals surface area (Å²) in [6, 6.07) is 15.0. The van der Waals surface area contributed by atoms with Crippen LogP contribution in [0.25, 0.3) is 22.3 Å². The number of pyridine rings is 1. The van der Waals surface area contributed by atoms with Crippen LogP contribution in [0, 0.1) is 12.7 Å². The number of H-pyrrole nitrogens is 2. The second-order valence-electron chi connectivity index (χ2n) is 7.91. The summed E-state index contributed by atoms with van der Waals surface area (Å²) in [7, 11) is 0. The zero-order valence-corrected chi connectivity index (χ0v) is 16.9. The fraction of sp³-hybridized carbons (Fsp3) is 0.304. The molecule has 5 rings (SSSR count). The maximum absolute atomic E-state index is 13.8. The quantitative estimate of drug-likeness (QED) is 0.515. The summed E-state index contributed by atoms with van der Waals surface area (Å²) in [5, 5.41) is 10.5. The van der Waals surface area contributed by atoms with E-state index in [-0.39, 0.29) is 11.9 Å². The van der Waals surface area contributed by atoms with E-state index in [1.807, 2.05) is 13.0 Å². The molecule has 0 unspecified atom stereocenters. The Morgan fingerprint density at radius 1 is 1.13 bits per heavy atom. The highest BCUT2D eigenvalue weighted by Crippen LogP contribution is 2.29. The molecule has 2 aromatic heterocycles. The fourth-order valence-electron chi connectivity index (χ4n) is 4.08. The molecule has 2 aromatic carbocycles. The highest BCUT2D eigenvalue weighted by molar-refractivity contribution is 5.85. The Morgan fingerprint density at radius 2 is 1.97 bits per heavy atom. The number of rotatable bonds is 5. The molecule has 0 atom stereocenters. The molecule has 1 aliphatic heterocycles. The van der Waals surface area contributed by atoms with Crippen LogP contribution in [0.15, 0.2) is 48.5 Å². The van der Waals surface area contributed by atoms with Gasteiger partial charge in [-0.25, -0.2) is 9.60 Å². The van der Waals surface area contributed by atoms with Crippen LogP contribution >= 0.6 is 0 Å². The number of aromatic nitrogens is 4. The van der Waals surface area contributed by atoms with Crippen LogP contribution in [0.3, 0.4) is 0 Å². The second kappa shape index (κ2) is 7.91. The fourth-order valence-corrected chi connectivity index (χ4v) is 4.08. The van der Waals surface area contributed by atoms with Crippen molar-refractivity contribution in [2.75, 3.05) is 13.1 Å². The molecule has 0 spiro atoms. The third kappa shape index (κ3) is 3.93. The lowest BCUT2D eigenvalue weighted by Gasteiger charge is -2.32. The van der Waals surface area contributed by atoms with Gasteiger partial charge in [0.2, 0.25) is 0 Å². The van der Waals surface area contributed by atoms with Crippen LogP contribution < -0.4 is 4.74 Å². The van der Waals surface area contributed by atoms with Crippen molar-refractivity contribution in [2.24, 2.45) is 0 Å².